The molecule has 6 heteroatoms. The lowest BCUT2D eigenvalue weighted by Gasteiger charge is -2.28. The Labute approximate surface area is 117 Å². The third-order valence-corrected chi connectivity index (χ3v) is 4.34. The summed E-state index contributed by atoms with van der Waals surface area (Å²) in [6.07, 6.45) is 0.694. The Morgan fingerprint density at radius 3 is 2.47 bits per heavy atom. The van der Waals surface area contributed by atoms with Crippen LogP contribution in [0.25, 0.3) is 0 Å². The van der Waals surface area contributed by atoms with E-state index in [4.69, 9.17) is 0 Å². The van der Waals surface area contributed by atoms with E-state index < -0.39 is 17.5 Å². The quantitative estimate of drug-likeness (QED) is 0.751. The number of hydrogen-bond acceptors (Lipinski definition) is 3. The Hall–Kier alpha value is -1.56. The van der Waals surface area contributed by atoms with Crippen LogP contribution in [0.15, 0.2) is 17.5 Å². The molecule has 5 nitrogen and oxygen atoms in total. The molecule has 0 fully saturated rings. The number of thiophene rings is 1. The molecule has 0 aliphatic heterocycles. The molecule has 106 valence electrons. The molecule has 0 aliphatic carbocycles. The second-order valence-corrected chi connectivity index (χ2v) is 5.41. The fourth-order valence-corrected chi connectivity index (χ4v) is 2.58. The molecule has 19 heavy (non-hydrogen) atoms. The fourth-order valence-electron chi connectivity index (χ4n) is 1.84. The topological polar surface area (TPSA) is 78.4 Å². The highest BCUT2D eigenvalue weighted by Crippen LogP contribution is 2.19. The fraction of sp³-hybridized carbons (Fsp3) is 0.538. The maximum atomic E-state index is 11.9. The highest BCUT2D eigenvalue weighted by atomic mass is 32.1. The van der Waals surface area contributed by atoms with Gasteiger partial charge in [-0.1, -0.05) is 19.9 Å². The first-order chi connectivity index (χ1) is 8.95. The van der Waals surface area contributed by atoms with Crippen molar-refractivity contribution in [3.05, 3.63) is 22.4 Å². The molecule has 2 amide bonds. The number of urea groups is 1. The van der Waals surface area contributed by atoms with E-state index in [1.54, 1.807) is 25.2 Å². The van der Waals surface area contributed by atoms with Crippen LogP contribution in [-0.4, -0.2) is 22.6 Å². The summed E-state index contributed by atoms with van der Waals surface area (Å²) < 4.78 is 0. The molecule has 1 rings (SSSR count). The van der Waals surface area contributed by atoms with E-state index in [1.807, 2.05) is 24.4 Å². The number of nitrogens with one attached hydrogen (secondary N) is 2. The van der Waals surface area contributed by atoms with Gasteiger partial charge in [-0.3, -0.25) is 0 Å². The summed E-state index contributed by atoms with van der Waals surface area (Å²) in [6, 6.07) is 3.25. The summed E-state index contributed by atoms with van der Waals surface area (Å²) in [6.45, 7) is 5.37. The predicted octanol–water partition coefficient (Wildman–Crippen LogP) is 2.75. The van der Waals surface area contributed by atoms with Crippen LogP contribution in [0.2, 0.25) is 0 Å². The zero-order valence-corrected chi connectivity index (χ0v) is 12.2. The summed E-state index contributed by atoms with van der Waals surface area (Å²) in [7, 11) is 0. The molecule has 0 spiro atoms. The van der Waals surface area contributed by atoms with Gasteiger partial charge < -0.3 is 15.7 Å². The van der Waals surface area contributed by atoms with Crippen molar-refractivity contribution in [1.29, 1.82) is 0 Å². The Kier molecular flexibility index (Phi) is 5.35. The third-order valence-electron chi connectivity index (χ3n) is 3.29. The average Bonchev–Trinajstić information content (AvgIpc) is 2.89. The molecule has 1 unspecified atom stereocenters. The zero-order valence-electron chi connectivity index (χ0n) is 11.4. The summed E-state index contributed by atoms with van der Waals surface area (Å²) in [4.78, 5) is 24.2. The molecule has 3 N–H and O–H groups in total. The second kappa shape index (κ2) is 6.56. The molecular formula is C13H20N2O3S. The number of hydrogen-bond donors (Lipinski definition) is 3. The Morgan fingerprint density at radius 1 is 1.42 bits per heavy atom. The van der Waals surface area contributed by atoms with Crippen molar-refractivity contribution < 1.29 is 14.7 Å². The molecule has 0 saturated carbocycles. The number of rotatable bonds is 6. The van der Waals surface area contributed by atoms with Crippen molar-refractivity contribution in [2.45, 2.75) is 45.2 Å². The first-order valence-corrected chi connectivity index (χ1v) is 7.18. The van der Waals surface area contributed by atoms with Gasteiger partial charge in [0.15, 0.2) is 0 Å². The lowest BCUT2D eigenvalue weighted by molar-refractivity contribution is -0.144. The van der Waals surface area contributed by atoms with E-state index >= 15 is 0 Å². The van der Waals surface area contributed by atoms with Crippen molar-refractivity contribution in [2.75, 3.05) is 0 Å². The third kappa shape index (κ3) is 3.70. The average molecular weight is 284 g/mol. The highest BCUT2D eigenvalue weighted by Gasteiger charge is 2.36. The molecule has 1 aromatic heterocycles. The standard InChI is InChI=1S/C13H20N2O3S/c1-4-13(5-2,11(16)17)15-12(18)14-9(3)10-7-6-8-19-10/h6-9H,4-5H2,1-3H3,(H,16,17)(H2,14,15,18). The molecule has 0 aliphatic rings. The number of carbonyl (C=O) groups is 2. The van der Waals surface area contributed by atoms with Crippen molar-refractivity contribution >= 4 is 23.3 Å². The molecule has 1 heterocycles. The number of carbonyl (C=O) groups excluding carboxylic acids is 1. The van der Waals surface area contributed by atoms with Gasteiger partial charge in [0.1, 0.15) is 5.54 Å². The normalized spacial score (nSPS) is 12.8. The van der Waals surface area contributed by atoms with Crippen molar-refractivity contribution in [3.63, 3.8) is 0 Å². The number of carboxylic acids is 1. The highest BCUT2D eigenvalue weighted by molar-refractivity contribution is 7.10. The monoisotopic (exact) mass is 284 g/mol. The van der Waals surface area contributed by atoms with Crippen LogP contribution in [0.4, 0.5) is 4.79 Å². The lowest BCUT2D eigenvalue weighted by Crippen LogP contribution is -2.56. The van der Waals surface area contributed by atoms with E-state index in [-0.39, 0.29) is 6.04 Å². The first kappa shape index (κ1) is 15.5. The number of aliphatic carboxylic acids is 1. The van der Waals surface area contributed by atoms with Crippen LogP contribution in [0.5, 0.6) is 0 Å². The summed E-state index contributed by atoms with van der Waals surface area (Å²) >= 11 is 1.55. The van der Waals surface area contributed by atoms with Crippen LogP contribution in [-0.2, 0) is 4.79 Å². The summed E-state index contributed by atoms with van der Waals surface area (Å²) in [5.74, 6) is -1.00. The van der Waals surface area contributed by atoms with Crippen LogP contribution < -0.4 is 10.6 Å². The minimum atomic E-state index is -1.20. The largest absolute Gasteiger partial charge is 0.480 e. The van der Waals surface area contributed by atoms with E-state index in [9.17, 15) is 14.7 Å². The van der Waals surface area contributed by atoms with Crippen molar-refractivity contribution in [3.8, 4) is 0 Å². The predicted molar refractivity (Wildman–Crippen MR) is 75.4 cm³/mol. The van der Waals surface area contributed by atoms with Gasteiger partial charge in [-0.25, -0.2) is 9.59 Å². The van der Waals surface area contributed by atoms with E-state index in [1.165, 1.54) is 0 Å². The Balaban J connectivity index is 2.66. The maximum Gasteiger partial charge on any atom is 0.329 e. The first-order valence-electron chi connectivity index (χ1n) is 6.30. The van der Waals surface area contributed by atoms with Crippen molar-refractivity contribution in [1.82, 2.24) is 10.6 Å². The molecule has 1 atom stereocenters. The van der Waals surface area contributed by atoms with Crippen LogP contribution in [0.3, 0.4) is 0 Å². The minimum Gasteiger partial charge on any atom is -0.480 e. The molecule has 1 aromatic rings. The zero-order chi connectivity index (χ0) is 14.5. The number of carboxylic acid groups (broad SMARTS) is 1. The summed E-state index contributed by atoms with van der Waals surface area (Å²) in [5.41, 5.74) is -1.20. The van der Waals surface area contributed by atoms with Gasteiger partial charge in [-0.2, -0.15) is 0 Å². The van der Waals surface area contributed by atoms with Gasteiger partial charge in [0.05, 0.1) is 6.04 Å². The SMILES string of the molecule is CCC(CC)(NC(=O)NC(C)c1cccs1)C(=O)O. The van der Waals surface area contributed by atoms with Gasteiger partial charge in [0.25, 0.3) is 0 Å². The van der Waals surface area contributed by atoms with Crippen LogP contribution >= 0.6 is 11.3 Å². The maximum absolute atomic E-state index is 11.9. The van der Waals surface area contributed by atoms with Gasteiger partial charge in [-0.15, -0.1) is 11.3 Å². The van der Waals surface area contributed by atoms with Crippen LogP contribution in [0, 0.1) is 0 Å². The van der Waals surface area contributed by atoms with Gasteiger partial charge in [0, 0.05) is 4.88 Å². The lowest BCUT2D eigenvalue weighted by atomic mass is 9.93. The van der Waals surface area contributed by atoms with E-state index in [2.05, 4.69) is 10.6 Å². The van der Waals surface area contributed by atoms with Gasteiger partial charge in [0.2, 0.25) is 0 Å². The van der Waals surface area contributed by atoms with Gasteiger partial charge in [-0.05, 0) is 31.2 Å². The minimum absolute atomic E-state index is 0.139. The smallest absolute Gasteiger partial charge is 0.329 e. The van der Waals surface area contributed by atoms with Gasteiger partial charge >= 0.3 is 12.0 Å². The molecule has 0 radical (unpaired) electrons. The molecular weight excluding hydrogens is 264 g/mol. The number of amides is 2. The Morgan fingerprint density at radius 2 is 2.05 bits per heavy atom. The molecule has 0 saturated heterocycles. The van der Waals surface area contributed by atoms with Crippen LogP contribution in [0.1, 0.15) is 44.5 Å². The summed E-state index contributed by atoms with van der Waals surface area (Å²) in [5, 5.41) is 16.5. The Bertz CT molecular complexity index is 427. The molecule has 0 aromatic carbocycles. The second-order valence-electron chi connectivity index (χ2n) is 4.43. The molecule has 0 bridgehead atoms. The van der Waals surface area contributed by atoms with E-state index in [0.29, 0.717) is 12.8 Å². The van der Waals surface area contributed by atoms with E-state index in [0.717, 1.165) is 4.88 Å². The van der Waals surface area contributed by atoms with Crippen molar-refractivity contribution in [2.24, 2.45) is 0 Å².